The maximum atomic E-state index is 11.8. The minimum atomic E-state index is -0.148. The van der Waals surface area contributed by atoms with Gasteiger partial charge in [-0.1, -0.05) is 179 Å². The topological polar surface area (TPSA) is 50.9 Å². The largest absolute Gasteiger partial charge is 0.507 e. The number of rotatable bonds is 6. The molecule has 0 aliphatic heterocycles. The average molecular weight is 1060 g/mol. The van der Waals surface area contributed by atoms with Crippen LogP contribution in [-0.2, 0) is 42.7 Å². The first kappa shape index (κ1) is 47.4. The molecule has 5 heteroatoms. The van der Waals surface area contributed by atoms with Gasteiger partial charge in [0.15, 0.2) is 0 Å². The van der Waals surface area contributed by atoms with E-state index in [9.17, 15) is 5.11 Å². The van der Waals surface area contributed by atoms with E-state index in [-0.39, 0.29) is 48.5 Å². The standard InChI is InChI=1S/C62H62N3O.Pt/c1-59(2,3)45-23-21-40(22-24-45)44-35-50(42-20-16-19-41(33-42)49-34-43(39-17-14-13-15-18-39)36-51-53(62(10,11)12)31-32-63-56(49)51)57-54(37-44)65(48-28-25-46(26-29-48)60(4,5)6)58(64-57)52-38-47(61(7,8)9)27-30-55(52)66;/h13-32,34-38,66H,1-12H3;/q-1;. The van der Waals surface area contributed by atoms with Gasteiger partial charge < -0.3 is 5.11 Å². The molecule has 342 valence electrons. The van der Waals surface area contributed by atoms with Crippen molar-refractivity contribution in [1.29, 1.82) is 0 Å². The molecule has 9 aromatic rings. The van der Waals surface area contributed by atoms with E-state index >= 15 is 0 Å². The first-order chi connectivity index (χ1) is 31.1. The van der Waals surface area contributed by atoms with Gasteiger partial charge in [0.2, 0.25) is 0 Å². The Labute approximate surface area is 412 Å². The quantitative estimate of drug-likeness (QED) is 0.169. The second-order valence-corrected chi connectivity index (χ2v) is 22.1. The van der Waals surface area contributed by atoms with Crippen molar-refractivity contribution in [2.24, 2.45) is 0 Å². The number of pyridine rings is 1. The monoisotopic (exact) mass is 1060 g/mol. The van der Waals surface area contributed by atoms with Crippen molar-refractivity contribution in [1.82, 2.24) is 14.5 Å². The Morgan fingerprint density at radius 3 is 1.58 bits per heavy atom. The summed E-state index contributed by atoms with van der Waals surface area (Å²) in [5.41, 5.74) is 17.3. The Balaban J connectivity index is 0.00000608. The van der Waals surface area contributed by atoms with E-state index in [4.69, 9.17) is 9.97 Å². The zero-order chi connectivity index (χ0) is 46.9. The van der Waals surface area contributed by atoms with E-state index in [1.54, 1.807) is 0 Å². The summed E-state index contributed by atoms with van der Waals surface area (Å²) < 4.78 is 2.23. The van der Waals surface area contributed by atoms with Crippen LogP contribution in [-0.4, -0.2) is 19.6 Å². The molecule has 4 nitrogen and oxygen atoms in total. The summed E-state index contributed by atoms with van der Waals surface area (Å²) in [7, 11) is 0. The van der Waals surface area contributed by atoms with Crippen LogP contribution in [0.1, 0.15) is 105 Å². The Morgan fingerprint density at radius 1 is 0.463 bits per heavy atom. The molecule has 0 saturated carbocycles. The Morgan fingerprint density at radius 2 is 1.00 bits per heavy atom. The minimum Gasteiger partial charge on any atom is -0.507 e. The first-order valence-electron chi connectivity index (χ1n) is 23.3. The molecule has 9 rings (SSSR count). The Bertz CT molecular complexity index is 3260. The van der Waals surface area contributed by atoms with Crippen LogP contribution in [0.25, 0.3) is 83.5 Å². The third-order valence-electron chi connectivity index (χ3n) is 13.1. The van der Waals surface area contributed by atoms with Gasteiger partial charge in [0.05, 0.1) is 16.6 Å². The molecular weight excluding hydrogens is 998 g/mol. The van der Waals surface area contributed by atoms with Crippen LogP contribution in [0, 0.1) is 6.07 Å². The third kappa shape index (κ3) is 9.31. The number of hydrogen-bond acceptors (Lipinski definition) is 3. The fraction of sp³-hybridized carbons (Fsp3) is 0.258. The molecule has 1 N–H and O–H groups in total. The van der Waals surface area contributed by atoms with E-state index in [1.807, 2.05) is 18.3 Å². The van der Waals surface area contributed by atoms with Gasteiger partial charge in [-0.3, -0.25) is 9.55 Å². The predicted molar refractivity (Wildman–Crippen MR) is 279 cm³/mol. The number of hydrogen-bond donors (Lipinski definition) is 1. The number of phenolic OH excluding ortho intramolecular Hbond substituents is 1. The van der Waals surface area contributed by atoms with Crippen LogP contribution in [0.4, 0.5) is 0 Å². The van der Waals surface area contributed by atoms with Crippen molar-refractivity contribution in [3.63, 3.8) is 0 Å². The molecular formula is C62H62N3OPt-. The van der Waals surface area contributed by atoms with Crippen molar-refractivity contribution >= 4 is 21.9 Å². The number of aromatic hydroxyl groups is 1. The Kier molecular flexibility index (Phi) is 12.4. The summed E-state index contributed by atoms with van der Waals surface area (Å²) in [6, 6.07) is 56.0. The number of nitrogens with zero attached hydrogens (tertiary/aromatic N) is 3. The number of benzene rings is 7. The van der Waals surface area contributed by atoms with Gasteiger partial charge in [-0.15, -0.1) is 35.4 Å². The molecule has 0 amide bonds. The molecule has 0 radical (unpaired) electrons. The zero-order valence-electron chi connectivity index (χ0n) is 41.0. The SMILES string of the molecule is CC(C)(C)c1ccc(-c2cc(-c3[c-]c(-c4cc(-c5ccccc5)cc5c(C(C)(C)C)ccnc45)ccc3)c3nc(-c4cc(C(C)(C)C)ccc4O)n(-c4ccc(C(C)(C)C)cc4)c3c2)cc1.[Pt]. The van der Waals surface area contributed by atoms with Gasteiger partial charge in [0.1, 0.15) is 11.6 Å². The molecule has 0 bridgehead atoms. The fourth-order valence-electron chi connectivity index (χ4n) is 9.14. The van der Waals surface area contributed by atoms with E-state index in [0.29, 0.717) is 11.4 Å². The predicted octanol–water partition coefficient (Wildman–Crippen LogP) is 16.6. The maximum Gasteiger partial charge on any atom is 0.148 e. The second kappa shape index (κ2) is 17.5. The van der Waals surface area contributed by atoms with Crippen LogP contribution in [0.2, 0.25) is 0 Å². The van der Waals surface area contributed by atoms with Crippen molar-refractivity contribution < 1.29 is 26.2 Å². The molecule has 7 aromatic carbocycles. The summed E-state index contributed by atoms with van der Waals surface area (Å²) >= 11 is 0. The summed E-state index contributed by atoms with van der Waals surface area (Å²) in [4.78, 5) is 10.7. The van der Waals surface area contributed by atoms with E-state index in [0.717, 1.165) is 77.7 Å². The first-order valence-corrected chi connectivity index (χ1v) is 23.3. The zero-order valence-corrected chi connectivity index (χ0v) is 43.3. The maximum absolute atomic E-state index is 11.8. The van der Waals surface area contributed by atoms with Crippen molar-refractivity contribution in [3.05, 3.63) is 180 Å². The molecule has 0 saturated heterocycles. The van der Waals surface area contributed by atoms with Gasteiger partial charge >= 0.3 is 0 Å². The van der Waals surface area contributed by atoms with Crippen molar-refractivity contribution in [3.8, 4) is 67.3 Å². The minimum absolute atomic E-state index is 0. The van der Waals surface area contributed by atoms with Crippen LogP contribution in [0.5, 0.6) is 5.75 Å². The van der Waals surface area contributed by atoms with E-state index < -0.39 is 0 Å². The molecule has 0 spiro atoms. The third-order valence-corrected chi connectivity index (χ3v) is 13.1. The number of phenols is 1. The van der Waals surface area contributed by atoms with Gasteiger partial charge in [0, 0.05) is 38.5 Å². The van der Waals surface area contributed by atoms with Crippen LogP contribution in [0.15, 0.2) is 152 Å². The number of fused-ring (bicyclic) bond motifs is 2. The molecule has 0 aliphatic carbocycles. The number of imidazole rings is 1. The smallest absolute Gasteiger partial charge is 0.148 e. The summed E-state index contributed by atoms with van der Waals surface area (Å²) in [5, 5.41) is 12.9. The van der Waals surface area contributed by atoms with Crippen LogP contribution >= 0.6 is 0 Å². The fourth-order valence-corrected chi connectivity index (χ4v) is 9.14. The van der Waals surface area contributed by atoms with Gasteiger partial charge in [0.25, 0.3) is 0 Å². The van der Waals surface area contributed by atoms with Crippen LogP contribution < -0.4 is 0 Å². The van der Waals surface area contributed by atoms with Gasteiger partial charge in [-0.05, 0) is 114 Å². The average Bonchev–Trinajstić information content (AvgIpc) is 3.66. The van der Waals surface area contributed by atoms with Gasteiger partial charge in [-0.2, -0.15) is 0 Å². The van der Waals surface area contributed by atoms with Crippen molar-refractivity contribution in [2.45, 2.75) is 105 Å². The van der Waals surface area contributed by atoms with E-state index in [2.05, 4.69) is 227 Å². The molecule has 0 unspecified atom stereocenters. The van der Waals surface area contributed by atoms with Crippen LogP contribution in [0.3, 0.4) is 0 Å². The molecule has 0 aliphatic rings. The summed E-state index contributed by atoms with van der Waals surface area (Å²) in [6.45, 7) is 26.9. The molecule has 67 heavy (non-hydrogen) atoms. The Hall–Kier alpha value is -6.09. The van der Waals surface area contributed by atoms with Crippen molar-refractivity contribution in [2.75, 3.05) is 0 Å². The molecule has 2 aromatic heterocycles. The summed E-state index contributed by atoms with van der Waals surface area (Å²) in [5.74, 6) is 0.862. The molecule has 0 atom stereocenters. The van der Waals surface area contributed by atoms with E-state index in [1.165, 1.54) is 16.7 Å². The second-order valence-electron chi connectivity index (χ2n) is 22.1. The number of aromatic nitrogens is 3. The molecule has 0 fully saturated rings. The normalized spacial score (nSPS) is 12.4. The molecule has 2 heterocycles. The summed E-state index contributed by atoms with van der Waals surface area (Å²) in [6.07, 6.45) is 1.95. The van der Waals surface area contributed by atoms with Gasteiger partial charge in [-0.25, -0.2) is 4.98 Å².